The van der Waals surface area contributed by atoms with Crippen LogP contribution in [0.3, 0.4) is 0 Å². The first-order valence-corrected chi connectivity index (χ1v) is 9.68. The number of fused-ring (bicyclic) bond motifs is 1. The van der Waals surface area contributed by atoms with Gasteiger partial charge in [-0.3, -0.25) is 10.1 Å². The number of carbonyl (C=O) groups is 2. The molecule has 1 heterocycles. The first-order valence-electron chi connectivity index (χ1n) is 8.80. The number of nitrogens with two attached hydrogens (primary N) is 1. The average molecular weight is 395 g/mol. The summed E-state index contributed by atoms with van der Waals surface area (Å²) in [5, 5.41) is 6.21. The normalized spacial score (nSPS) is 12.0. The number of nitrogens with zero attached hydrogens (tertiary/aromatic N) is 2. The van der Waals surface area contributed by atoms with Crippen molar-refractivity contribution in [2.24, 2.45) is 11.7 Å². The largest absolute Gasteiger partial charge is 0.351 e. The number of hydrogen-bond acceptors (Lipinski definition) is 6. The quantitative estimate of drug-likeness (QED) is 0.434. The maximum Gasteiger partial charge on any atom is 0.318 e. The standard InChI is InChI=1S/C20H21N5O2S/c1-12(2)16(18(26)25-19(21)27)28-20-23-15-11-7-6-10-14(15)17(24-20)22-13-8-4-3-5-9-13/h3-12,16H,1-2H3,(H,22,23,24)(H3,21,25,26,27). The van der Waals surface area contributed by atoms with Crippen LogP contribution in [-0.2, 0) is 4.79 Å². The predicted molar refractivity (Wildman–Crippen MR) is 111 cm³/mol. The number of carbonyl (C=O) groups excluding carboxylic acids is 2. The minimum Gasteiger partial charge on any atom is -0.351 e. The van der Waals surface area contributed by atoms with Gasteiger partial charge < -0.3 is 11.1 Å². The zero-order valence-corrected chi connectivity index (χ0v) is 16.4. The van der Waals surface area contributed by atoms with Crippen molar-refractivity contribution in [1.82, 2.24) is 15.3 Å². The molecule has 7 nitrogen and oxygen atoms in total. The Morgan fingerprint density at radius 2 is 1.68 bits per heavy atom. The Balaban J connectivity index is 1.96. The fraction of sp³-hybridized carbons (Fsp3) is 0.200. The van der Waals surface area contributed by atoms with Crippen LogP contribution in [0.4, 0.5) is 16.3 Å². The van der Waals surface area contributed by atoms with Crippen LogP contribution in [0.15, 0.2) is 59.8 Å². The van der Waals surface area contributed by atoms with E-state index in [-0.39, 0.29) is 5.92 Å². The molecule has 0 aliphatic heterocycles. The van der Waals surface area contributed by atoms with Gasteiger partial charge in [-0.2, -0.15) is 0 Å². The number of primary amides is 1. The molecule has 1 aromatic heterocycles. The fourth-order valence-corrected chi connectivity index (χ4v) is 3.62. The van der Waals surface area contributed by atoms with Gasteiger partial charge in [-0.25, -0.2) is 14.8 Å². The van der Waals surface area contributed by atoms with E-state index < -0.39 is 17.2 Å². The number of imide groups is 1. The van der Waals surface area contributed by atoms with E-state index in [4.69, 9.17) is 5.73 Å². The SMILES string of the molecule is CC(C)C(Sc1nc(Nc2ccccc2)c2ccccc2n1)C(=O)NC(N)=O. The van der Waals surface area contributed by atoms with Crippen molar-refractivity contribution < 1.29 is 9.59 Å². The van der Waals surface area contributed by atoms with E-state index in [1.165, 1.54) is 11.8 Å². The van der Waals surface area contributed by atoms with Gasteiger partial charge in [-0.15, -0.1) is 0 Å². The molecule has 0 saturated carbocycles. The van der Waals surface area contributed by atoms with Gasteiger partial charge in [-0.05, 0) is 30.2 Å². The van der Waals surface area contributed by atoms with E-state index in [0.717, 1.165) is 16.6 Å². The Hall–Kier alpha value is -3.13. The first-order chi connectivity index (χ1) is 13.4. The van der Waals surface area contributed by atoms with E-state index in [0.29, 0.717) is 11.0 Å². The van der Waals surface area contributed by atoms with Crippen LogP contribution in [0.2, 0.25) is 0 Å². The van der Waals surface area contributed by atoms with Crippen molar-refractivity contribution in [1.29, 1.82) is 0 Å². The molecular formula is C20H21N5O2S. The lowest BCUT2D eigenvalue weighted by Gasteiger charge is -2.18. The summed E-state index contributed by atoms with van der Waals surface area (Å²) in [4.78, 5) is 32.6. The third-order valence-corrected chi connectivity index (χ3v) is 5.37. The smallest absolute Gasteiger partial charge is 0.318 e. The molecule has 2 aromatic carbocycles. The maximum atomic E-state index is 12.3. The Morgan fingerprint density at radius 1 is 1.00 bits per heavy atom. The minimum atomic E-state index is -0.873. The van der Waals surface area contributed by atoms with Gasteiger partial charge in [0, 0.05) is 11.1 Å². The van der Waals surface area contributed by atoms with E-state index >= 15 is 0 Å². The molecule has 0 spiro atoms. The molecule has 0 aliphatic carbocycles. The maximum absolute atomic E-state index is 12.3. The molecule has 0 bridgehead atoms. The summed E-state index contributed by atoms with van der Waals surface area (Å²) in [6, 6.07) is 16.5. The molecule has 144 valence electrons. The van der Waals surface area contributed by atoms with Crippen molar-refractivity contribution in [3.05, 3.63) is 54.6 Å². The lowest BCUT2D eigenvalue weighted by Crippen LogP contribution is -2.42. The number of rotatable bonds is 6. The Labute approximate surface area is 167 Å². The highest BCUT2D eigenvalue weighted by atomic mass is 32.2. The van der Waals surface area contributed by atoms with Gasteiger partial charge in [0.1, 0.15) is 5.82 Å². The number of urea groups is 1. The van der Waals surface area contributed by atoms with E-state index in [1.54, 1.807) is 0 Å². The summed E-state index contributed by atoms with van der Waals surface area (Å²) < 4.78 is 0. The molecular weight excluding hydrogens is 374 g/mol. The van der Waals surface area contributed by atoms with Crippen molar-refractivity contribution in [2.75, 3.05) is 5.32 Å². The number of nitrogens with one attached hydrogen (secondary N) is 2. The molecule has 0 fully saturated rings. The van der Waals surface area contributed by atoms with Crippen molar-refractivity contribution in [3.63, 3.8) is 0 Å². The second-order valence-electron chi connectivity index (χ2n) is 6.50. The zero-order valence-electron chi connectivity index (χ0n) is 15.5. The second kappa shape index (κ2) is 8.71. The summed E-state index contributed by atoms with van der Waals surface area (Å²) in [6.45, 7) is 3.78. The average Bonchev–Trinajstić information content (AvgIpc) is 2.66. The van der Waals surface area contributed by atoms with E-state index in [1.807, 2.05) is 68.4 Å². The molecule has 0 radical (unpaired) electrons. The monoisotopic (exact) mass is 395 g/mol. The number of amides is 3. The lowest BCUT2D eigenvalue weighted by atomic mass is 10.1. The van der Waals surface area contributed by atoms with Gasteiger partial charge in [-0.1, -0.05) is 55.9 Å². The Kier molecular flexibility index (Phi) is 6.10. The highest BCUT2D eigenvalue weighted by Crippen LogP contribution is 2.31. The molecule has 3 rings (SSSR count). The Morgan fingerprint density at radius 3 is 2.36 bits per heavy atom. The van der Waals surface area contributed by atoms with Crippen molar-refractivity contribution >= 4 is 46.1 Å². The van der Waals surface area contributed by atoms with Crippen LogP contribution < -0.4 is 16.4 Å². The molecule has 8 heteroatoms. The highest BCUT2D eigenvalue weighted by Gasteiger charge is 2.26. The molecule has 3 amide bonds. The van der Waals surface area contributed by atoms with Gasteiger partial charge in [0.05, 0.1) is 10.8 Å². The number of anilines is 2. The third kappa shape index (κ3) is 4.77. The van der Waals surface area contributed by atoms with Crippen LogP contribution in [0.25, 0.3) is 10.9 Å². The third-order valence-electron chi connectivity index (χ3n) is 3.96. The summed E-state index contributed by atoms with van der Waals surface area (Å²) in [7, 11) is 0. The van der Waals surface area contributed by atoms with Crippen LogP contribution in [0.1, 0.15) is 13.8 Å². The van der Waals surface area contributed by atoms with Crippen molar-refractivity contribution in [2.45, 2.75) is 24.3 Å². The summed E-state index contributed by atoms with van der Waals surface area (Å²) >= 11 is 1.20. The van der Waals surface area contributed by atoms with Crippen LogP contribution >= 0.6 is 11.8 Å². The van der Waals surface area contributed by atoms with E-state index in [9.17, 15) is 9.59 Å². The molecule has 0 saturated heterocycles. The number of thioether (sulfide) groups is 1. The van der Waals surface area contributed by atoms with Gasteiger partial charge in [0.2, 0.25) is 5.91 Å². The van der Waals surface area contributed by atoms with Gasteiger partial charge in [0.25, 0.3) is 0 Å². The predicted octanol–water partition coefficient (Wildman–Crippen LogP) is 3.69. The summed E-state index contributed by atoms with van der Waals surface area (Å²) in [5.41, 5.74) is 6.75. The molecule has 28 heavy (non-hydrogen) atoms. The van der Waals surface area contributed by atoms with Crippen LogP contribution in [0.5, 0.6) is 0 Å². The molecule has 3 aromatic rings. The first kappa shape index (κ1) is 19.6. The number of para-hydroxylation sites is 2. The number of aromatic nitrogens is 2. The van der Waals surface area contributed by atoms with Gasteiger partial charge >= 0.3 is 6.03 Å². The van der Waals surface area contributed by atoms with Crippen molar-refractivity contribution in [3.8, 4) is 0 Å². The molecule has 1 unspecified atom stereocenters. The number of benzene rings is 2. The summed E-state index contributed by atoms with van der Waals surface area (Å²) in [6.07, 6.45) is 0. The fourth-order valence-electron chi connectivity index (χ4n) is 2.66. The van der Waals surface area contributed by atoms with Gasteiger partial charge in [0.15, 0.2) is 5.16 Å². The Bertz CT molecular complexity index is 994. The molecule has 1 atom stereocenters. The van der Waals surface area contributed by atoms with Crippen LogP contribution in [-0.4, -0.2) is 27.2 Å². The topological polar surface area (TPSA) is 110 Å². The van der Waals surface area contributed by atoms with Crippen LogP contribution in [0, 0.1) is 5.92 Å². The van der Waals surface area contributed by atoms with E-state index in [2.05, 4.69) is 20.6 Å². The lowest BCUT2D eigenvalue weighted by molar-refractivity contribution is -0.120. The summed E-state index contributed by atoms with van der Waals surface area (Å²) in [5.74, 6) is 0.142. The molecule has 4 N–H and O–H groups in total. The number of hydrogen-bond donors (Lipinski definition) is 3. The molecule has 0 aliphatic rings. The minimum absolute atomic E-state index is 0.0510. The highest BCUT2D eigenvalue weighted by molar-refractivity contribution is 8.00. The zero-order chi connectivity index (χ0) is 20.1. The second-order valence-corrected chi connectivity index (χ2v) is 7.61.